The zero-order valence-electron chi connectivity index (χ0n) is 17.2. The number of nitrogens with one attached hydrogen (secondary N) is 2. The molecule has 2 N–H and O–H groups in total. The second-order valence-corrected chi connectivity index (χ2v) is 9.75. The van der Waals surface area contributed by atoms with E-state index in [4.69, 9.17) is 11.6 Å². The van der Waals surface area contributed by atoms with Crippen LogP contribution in [-0.2, 0) is 4.79 Å². The summed E-state index contributed by atoms with van der Waals surface area (Å²) in [6, 6.07) is 22.3. The molecule has 1 atom stereocenters. The number of rotatable bonds is 7. The van der Waals surface area contributed by atoms with E-state index >= 15 is 0 Å². The minimum Gasteiger partial charge on any atom is -0.349 e. The van der Waals surface area contributed by atoms with Gasteiger partial charge in [-0.15, -0.1) is 11.3 Å². The lowest BCUT2D eigenvalue weighted by Gasteiger charge is -2.13. The van der Waals surface area contributed by atoms with Gasteiger partial charge in [0.25, 0.3) is 5.91 Å². The maximum Gasteiger partial charge on any atom is 0.257 e. The molecule has 0 spiro atoms. The van der Waals surface area contributed by atoms with E-state index in [0.717, 1.165) is 20.1 Å². The number of fused-ring (bicyclic) bond motifs is 1. The Balaban J connectivity index is 1.37. The maximum absolute atomic E-state index is 12.5. The zero-order chi connectivity index (χ0) is 22.5. The Kier molecular flexibility index (Phi) is 7.09. The SMILES string of the molecule is C[C@H](NC(=O)CSc1nc2ccc(NC(=O)c3ccccc3Cl)cc2s1)c1ccccc1. The smallest absolute Gasteiger partial charge is 0.257 e. The van der Waals surface area contributed by atoms with Crippen LogP contribution < -0.4 is 10.6 Å². The summed E-state index contributed by atoms with van der Waals surface area (Å²) in [7, 11) is 0. The van der Waals surface area contributed by atoms with Crippen LogP contribution in [0.15, 0.2) is 77.1 Å². The average Bonchev–Trinajstić information content (AvgIpc) is 3.21. The molecular weight excluding hydrogens is 462 g/mol. The molecule has 1 heterocycles. The second-order valence-electron chi connectivity index (χ2n) is 7.08. The number of hydrogen-bond donors (Lipinski definition) is 2. The van der Waals surface area contributed by atoms with E-state index in [1.165, 1.54) is 23.1 Å². The number of anilines is 1. The molecule has 0 radical (unpaired) electrons. The van der Waals surface area contributed by atoms with Crippen molar-refractivity contribution in [3.63, 3.8) is 0 Å². The molecule has 8 heteroatoms. The van der Waals surface area contributed by atoms with Gasteiger partial charge in [0.1, 0.15) is 0 Å². The molecule has 0 aliphatic rings. The van der Waals surface area contributed by atoms with E-state index in [-0.39, 0.29) is 23.6 Å². The van der Waals surface area contributed by atoms with E-state index in [1.807, 2.05) is 49.4 Å². The Morgan fingerprint density at radius 3 is 2.59 bits per heavy atom. The standard InChI is InChI=1S/C24H20ClN3O2S2/c1-15(16-7-3-2-4-8-16)26-22(29)14-31-24-28-20-12-11-17(13-21(20)32-24)27-23(30)18-9-5-6-10-19(18)25/h2-13,15H,14H2,1H3,(H,26,29)(H,27,30)/t15-/m0/s1. The van der Waals surface area contributed by atoms with Gasteiger partial charge in [0.15, 0.2) is 4.34 Å². The predicted octanol–water partition coefficient (Wildman–Crippen LogP) is 6.17. The summed E-state index contributed by atoms with van der Waals surface area (Å²) in [5.41, 5.74) is 2.98. The van der Waals surface area contributed by atoms with Crippen LogP contribution in [0.2, 0.25) is 5.02 Å². The molecule has 0 aliphatic heterocycles. The van der Waals surface area contributed by atoms with Gasteiger partial charge in [-0.2, -0.15) is 0 Å². The molecule has 3 aromatic carbocycles. The number of thioether (sulfide) groups is 1. The fourth-order valence-electron chi connectivity index (χ4n) is 3.12. The lowest BCUT2D eigenvalue weighted by Crippen LogP contribution is -2.28. The van der Waals surface area contributed by atoms with Crippen molar-refractivity contribution in [2.24, 2.45) is 0 Å². The van der Waals surface area contributed by atoms with E-state index in [1.54, 1.807) is 30.3 Å². The van der Waals surface area contributed by atoms with E-state index in [2.05, 4.69) is 15.6 Å². The fourth-order valence-corrected chi connectivity index (χ4v) is 5.26. The van der Waals surface area contributed by atoms with Gasteiger partial charge >= 0.3 is 0 Å². The van der Waals surface area contributed by atoms with Crippen LogP contribution in [0, 0.1) is 0 Å². The summed E-state index contributed by atoms with van der Waals surface area (Å²) >= 11 is 9.00. The quantitative estimate of drug-likeness (QED) is 0.309. The minimum atomic E-state index is -0.265. The van der Waals surface area contributed by atoms with Crippen LogP contribution in [-0.4, -0.2) is 22.6 Å². The molecule has 32 heavy (non-hydrogen) atoms. The Morgan fingerprint density at radius 1 is 1.06 bits per heavy atom. The largest absolute Gasteiger partial charge is 0.349 e. The monoisotopic (exact) mass is 481 g/mol. The lowest BCUT2D eigenvalue weighted by molar-refractivity contribution is -0.119. The Bertz CT molecular complexity index is 1260. The first-order valence-electron chi connectivity index (χ1n) is 9.93. The fraction of sp³-hybridized carbons (Fsp3) is 0.125. The molecule has 4 aromatic rings. The van der Waals surface area contributed by atoms with Gasteiger partial charge in [0.2, 0.25) is 5.91 Å². The number of halogens is 1. The van der Waals surface area contributed by atoms with Crippen LogP contribution in [0.4, 0.5) is 5.69 Å². The molecule has 1 aromatic heterocycles. The highest BCUT2D eigenvalue weighted by Gasteiger charge is 2.13. The van der Waals surface area contributed by atoms with Gasteiger partial charge in [-0.05, 0) is 42.8 Å². The molecular formula is C24H20ClN3O2S2. The van der Waals surface area contributed by atoms with E-state index < -0.39 is 0 Å². The third-order valence-corrected chi connectivity index (χ3v) is 7.24. The normalized spacial score (nSPS) is 11.8. The third-order valence-electron chi connectivity index (χ3n) is 4.75. The number of aromatic nitrogens is 1. The number of hydrogen-bond acceptors (Lipinski definition) is 5. The number of amides is 2. The van der Waals surface area contributed by atoms with Crippen LogP contribution in [0.5, 0.6) is 0 Å². The summed E-state index contributed by atoms with van der Waals surface area (Å²) in [4.78, 5) is 29.4. The van der Waals surface area contributed by atoms with Crippen LogP contribution in [0.25, 0.3) is 10.2 Å². The molecule has 0 fully saturated rings. The maximum atomic E-state index is 12.5. The highest BCUT2D eigenvalue weighted by molar-refractivity contribution is 8.01. The van der Waals surface area contributed by atoms with Crippen molar-refractivity contribution < 1.29 is 9.59 Å². The minimum absolute atomic E-state index is 0.0432. The van der Waals surface area contributed by atoms with Gasteiger partial charge in [0, 0.05) is 5.69 Å². The summed E-state index contributed by atoms with van der Waals surface area (Å²) in [6.45, 7) is 1.97. The van der Waals surface area contributed by atoms with Crippen molar-refractivity contribution in [3.8, 4) is 0 Å². The van der Waals surface area contributed by atoms with E-state index in [0.29, 0.717) is 16.3 Å². The molecule has 0 saturated heterocycles. The summed E-state index contributed by atoms with van der Waals surface area (Å²) in [5.74, 6) is -0.0239. The molecule has 5 nitrogen and oxygen atoms in total. The van der Waals surface area contributed by atoms with Crippen molar-refractivity contribution in [2.45, 2.75) is 17.3 Å². The summed E-state index contributed by atoms with van der Waals surface area (Å²) < 4.78 is 1.74. The van der Waals surface area contributed by atoms with Crippen LogP contribution in [0.3, 0.4) is 0 Å². The van der Waals surface area contributed by atoms with Crippen molar-refractivity contribution in [1.29, 1.82) is 0 Å². The lowest BCUT2D eigenvalue weighted by atomic mass is 10.1. The van der Waals surface area contributed by atoms with Gasteiger partial charge in [-0.1, -0.05) is 65.8 Å². The summed E-state index contributed by atoms with van der Waals surface area (Å²) in [6.07, 6.45) is 0. The van der Waals surface area contributed by atoms with E-state index in [9.17, 15) is 9.59 Å². The van der Waals surface area contributed by atoms with Crippen molar-refractivity contribution in [2.75, 3.05) is 11.1 Å². The third kappa shape index (κ3) is 5.48. The van der Waals surface area contributed by atoms with Crippen LogP contribution in [0.1, 0.15) is 28.9 Å². The summed E-state index contributed by atoms with van der Waals surface area (Å²) in [5, 5.41) is 6.29. The first-order chi connectivity index (χ1) is 15.5. The Hall–Kier alpha value is -2.87. The number of carbonyl (C=O) groups excluding carboxylic acids is 2. The molecule has 0 aliphatic carbocycles. The van der Waals surface area contributed by atoms with Gasteiger partial charge in [-0.25, -0.2) is 4.98 Å². The highest BCUT2D eigenvalue weighted by Crippen LogP contribution is 2.31. The molecule has 0 bridgehead atoms. The molecule has 0 unspecified atom stereocenters. The van der Waals surface area contributed by atoms with Crippen molar-refractivity contribution >= 4 is 62.4 Å². The number of nitrogens with zero attached hydrogens (tertiary/aromatic N) is 1. The molecule has 162 valence electrons. The molecule has 0 saturated carbocycles. The van der Waals surface area contributed by atoms with Gasteiger partial charge in [0.05, 0.1) is 32.6 Å². The second kappa shape index (κ2) is 10.2. The highest BCUT2D eigenvalue weighted by atomic mass is 35.5. The Labute approximate surface area is 199 Å². The first kappa shape index (κ1) is 22.3. The van der Waals surface area contributed by atoms with Gasteiger partial charge < -0.3 is 10.6 Å². The Morgan fingerprint density at radius 2 is 1.81 bits per heavy atom. The van der Waals surface area contributed by atoms with Crippen molar-refractivity contribution in [1.82, 2.24) is 10.3 Å². The van der Waals surface area contributed by atoms with Crippen molar-refractivity contribution in [3.05, 3.63) is 88.9 Å². The molecule has 2 amide bonds. The predicted molar refractivity (Wildman–Crippen MR) is 133 cm³/mol. The van der Waals surface area contributed by atoms with Gasteiger partial charge in [-0.3, -0.25) is 9.59 Å². The average molecular weight is 482 g/mol. The number of carbonyl (C=O) groups is 2. The topological polar surface area (TPSA) is 71.1 Å². The number of thiazole rings is 1. The zero-order valence-corrected chi connectivity index (χ0v) is 19.6. The number of benzene rings is 3. The first-order valence-corrected chi connectivity index (χ1v) is 12.1. The molecule has 4 rings (SSSR count). The van der Waals surface area contributed by atoms with Crippen LogP contribution >= 0.6 is 34.7 Å².